The molecule has 3 nitrogen and oxygen atoms in total. The number of hydrogen-bond acceptors (Lipinski definition) is 3. The summed E-state index contributed by atoms with van der Waals surface area (Å²) in [6.45, 7) is 3.93. The van der Waals surface area contributed by atoms with Crippen molar-refractivity contribution in [1.82, 2.24) is 4.90 Å². The Hall–Kier alpha value is -2.34. The second-order valence-electron chi connectivity index (χ2n) is 6.45. The van der Waals surface area contributed by atoms with Crippen LogP contribution < -0.4 is 5.73 Å². The van der Waals surface area contributed by atoms with Gasteiger partial charge in [0.25, 0.3) is 0 Å². The molecule has 0 aromatic heterocycles. The van der Waals surface area contributed by atoms with Crippen molar-refractivity contribution in [3.63, 3.8) is 0 Å². The molecule has 0 saturated carbocycles. The third kappa shape index (κ3) is 3.75. The molecule has 5 heteroatoms. The lowest BCUT2D eigenvalue weighted by Gasteiger charge is -2.33. The van der Waals surface area contributed by atoms with E-state index in [-0.39, 0.29) is 18.2 Å². The highest BCUT2D eigenvalue weighted by Gasteiger charge is 2.34. The number of benzene rings is 2. The van der Waals surface area contributed by atoms with Crippen molar-refractivity contribution >= 4 is 5.57 Å². The predicted octanol–water partition coefficient (Wildman–Crippen LogP) is 3.63. The second-order valence-corrected chi connectivity index (χ2v) is 6.45. The van der Waals surface area contributed by atoms with Gasteiger partial charge < -0.3 is 10.8 Å². The van der Waals surface area contributed by atoms with Gasteiger partial charge in [-0.3, -0.25) is 4.90 Å². The first-order chi connectivity index (χ1) is 12.5. The molecular formula is C21H22F2N2O. The SMILES string of the molecule is C=CC[C@H](N)C(O)N1CC(c2cc(F)ccc2F)=C[C@H]1c1ccccc1. The van der Waals surface area contributed by atoms with Gasteiger partial charge in [0.05, 0.1) is 6.04 Å². The fraction of sp³-hybridized carbons (Fsp3) is 0.238. The molecular weight excluding hydrogens is 334 g/mol. The zero-order valence-electron chi connectivity index (χ0n) is 14.4. The number of aliphatic hydroxyl groups excluding tert-OH is 1. The van der Waals surface area contributed by atoms with Crippen molar-refractivity contribution in [3.8, 4) is 0 Å². The van der Waals surface area contributed by atoms with Crippen molar-refractivity contribution in [2.45, 2.75) is 24.7 Å². The summed E-state index contributed by atoms with van der Waals surface area (Å²) < 4.78 is 27.8. The second kappa shape index (κ2) is 7.91. The molecule has 0 radical (unpaired) electrons. The number of halogens is 2. The van der Waals surface area contributed by atoms with Gasteiger partial charge in [-0.1, -0.05) is 42.5 Å². The van der Waals surface area contributed by atoms with Gasteiger partial charge in [-0.25, -0.2) is 8.78 Å². The van der Waals surface area contributed by atoms with E-state index in [1.165, 1.54) is 6.07 Å². The van der Waals surface area contributed by atoms with Gasteiger partial charge in [-0.2, -0.15) is 0 Å². The van der Waals surface area contributed by atoms with Crippen LogP contribution in [0.15, 0.2) is 67.3 Å². The first-order valence-electron chi connectivity index (χ1n) is 8.52. The quantitative estimate of drug-likeness (QED) is 0.777. The normalized spacial score (nSPS) is 19.8. The van der Waals surface area contributed by atoms with Crippen LogP contribution in [0.25, 0.3) is 5.57 Å². The van der Waals surface area contributed by atoms with Crippen LogP contribution in [0.4, 0.5) is 8.78 Å². The summed E-state index contributed by atoms with van der Waals surface area (Å²) in [5, 5.41) is 10.7. The van der Waals surface area contributed by atoms with E-state index in [2.05, 4.69) is 6.58 Å². The lowest BCUT2D eigenvalue weighted by Crippen LogP contribution is -2.47. The number of nitrogens with two attached hydrogens (primary N) is 1. The third-order valence-electron chi connectivity index (χ3n) is 4.65. The Bertz CT molecular complexity index is 807. The van der Waals surface area contributed by atoms with Gasteiger partial charge in [0.15, 0.2) is 0 Å². The first-order valence-corrected chi connectivity index (χ1v) is 8.52. The van der Waals surface area contributed by atoms with Crippen LogP contribution in [0.2, 0.25) is 0 Å². The molecule has 0 fully saturated rings. The van der Waals surface area contributed by atoms with E-state index in [4.69, 9.17) is 5.73 Å². The minimum atomic E-state index is -0.941. The van der Waals surface area contributed by atoms with Crippen LogP contribution in [-0.4, -0.2) is 28.8 Å². The van der Waals surface area contributed by atoms with Crippen LogP contribution in [0.1, 0.15) is 23.6 Å². The summed E-state index contributed by atoms with van der Waals surface area (Å²) in [5.74, 6) is -0.989. The van der Waals surface area contributed by atoms with Crippen LogP contribution in [0, 0.1) is 11.6 Å². The molecule has 3 atom stereocenters. The molecule has 1 aliphatic rings. The fourth-order valence-corrected chi connectivity index (χ4v) is 3.31. The summed E-state index contributed by atoms with van der Waals surface area (Å²) in [6, 6.07) is 12.2. The average molecular weight is 356 g/mol. The molecule has 0 bridgehead atoms. The van der Waals surface area contributed by atoms with Gasteiger partial charge >= 0.3 is 0 Å². The average Bonchev–Trinajstić information content (AvgIpc) is 3.09. The maximum atomic E-state index is 14.2. The smallest absolute Gasteiger partial charge is 0.130 e. The molecule has 1 unspecified atom stereocenters. The highest BCUT2D eigenvalue weighted by molar-refractivity contribution is 5.70. The number of nitrogens with zero attached hydrogens (tertiary/aromatic N) is 1. The van der Waals surface area contributed by atoms with Crippen LogP contribution in [0.5, 0.6) is 0 Å². The van der Waals surface area contributed by atoms with E-state index in [0.29, 0.717) is 12.0 Å². The van der Waals surface area contributed by atoms with Crippen molar-refractivity contribution in [3.05, 3.63) is 90.0 Å². The Morgan fingerprint density at radius 2 is 1.96 bits per heavy atom. The Morgan fingerprint density at radius 3 is 2.65 bits per heavy atom. The molecule has 1 aliphatic heterocycles. The predicted molar refractivity (Wildman–Crippen MR) is 99.0 cm³/mol. The Labute approximate surface area is 152 Å². The van der Waals surface area contributed by atoms with Crippen molar-refractivity contribution in [2.24, 2.45) is 5.73 Å². The monoisotopic (exact) mass is 356 g/mol. The fourth-order valence-electron chi connectivity index (χ4n) is 3.31. The summed E-state index contributed by atoms with van der Waals surface area (Å²) in [4.78, 5) is 1.79. The molecule has 3 rings (SSSR count). The van der Waals surface area contributed by atoms with Crippen LogP contribution in [0.3, 0.4) is 0 Å². The highest BCUT2D eigenvalue weighted by atomic mass is 19.1. The standard InChI is InChI=1S/C21H22F2N2O/c1-2-6-19(24)21(26)25-13-15(17-12-16(22)9-10-18(17)23)11-20(25)14-7-4-3-5-8-14/h2-5,7-12,19-21,26H,1,6,13,24H2/t19-,20-,21?/m0/s1. The maximum absolute atomic E-state index is 14.2. The Balaban J connectivity index is 1.98. The van der Waals surface area contributed by atoms with Gasteiger partial charge in [-0.15, -0.1) is 6.58 Å². The minimum absolute atomic E-state index is 0.206. The lowest BCUT2D eigenvalue weighted by molar-refractivity contribution is -0.0174. The van der Waals surface area contributed by atoms with E-state index in [9.17, 15) is 13.9 Å². The molecule has 0 spiro atoms. The summed E-state index contributed by atoms with van der Waals surface area (Å²) in [7, 11) is 0. The van der Waals surface area contributed by atoms with Gasteiger partial charge in [-0.05, 0) is 35.8 Å². The van der Waals surface area contributed by atoms with Crippen molar-refractivity contribution in [1.29, 1.82) is 0 Å². The molecule has 26 heavy (non-hydrogen) atoms. The third-order valence-corrected chi connectivity index (χ3v) is 4.65. The topological polar surface area (TPSA) is 49.5 Å². The first kappa shape index (κ1) is 18.5. The minimum Gasteiger partial charge on any atom is -0.377 e. The Kier molecular flexibility index (Phi) is 5.61. The van der Waals surface area contributed by atoms with E-state index < -0.39 is 23.9 Å². The van der Waals surface area contributed by atoms with E-state index in [1.54, 1.807) is 11.0 Å². The number of hydrogen-bond donors (Lipinski definition) is 2. The van der Waals surface area contributed by atoms with Crippen molar-refractivity contribution < 1.29 is 13.9 Å². The van der Waals surface area contributed by atoms with E-state index in [1.807, 2.05) is 36.4 Å². The van der Waals surface area contributed by atoms with Crippen molar-refractivity contribution in [2.75, 3.05) is 6.54 Å². The lowest BCUT2D eigenvalue weighted by atomic mass is 10.0. The number of aliphatic hydroxyl groups is 1. The Morgan fingerprint density at radius 1 is 1.23 bits per heavy atom. The van der Waals surface area contributed by atoms with Crippen LogP contribution >= 0.6 is 0 Å². The summed E-state index contributed by atoms with van der Waals surface area (Å²) in [5.41, 5.74) is 7.85. The molecule has 2 aromatic rings. The van der Waals surface area contributed by atoms with E-state index >= 15 is 0 Å². The molecule has 0 aliphatic carbocycles. The van der Waals surface area contributed by atoms with Gasteiger partial charge in [0.1, 0.15) is 17.9 Å². The zero-order valence-corrected chi connectivity index (χ0v) is 14.4. The molecule has 0 amide bonds. The largest absolute Gasteiger partial charge is 0.377 e. The maximum Gasteiger partial charge on any atom is 0.130 e. The molecule has 0 saturated heterocycles. The molecule has 3 N–H and O–H groups in total. The molecule has 136 valence electrons. The summed E-state index contributed by atoms with van der Waals surface area (Å²) in [6.07, 6.45) is 3.02. The summed E-state index contributed by atoms with van der Waals surface area (Å²) >= 11 is 0. The number of rotatable bonds is 6. The van der Waals surface area contributed by atoms with Crippen LogP contribution in [-0.2, 0) is 0 Å². The van der Waals surface area contributed by atoms with Gasteiger partial charge in [0, 0.05) is 18.2 Å². The molecule has 2 aromatic carbocycles. The van der Waals surface area contributed by atoms with E-state index in [0.717, 1.165) is 17.7 Å². The highest BCUT2D eigenvalue weighted by Crippen LogP contribution is 2.37. The molecule has 1 heterocycles. The van der Waals surface area contributed by atoms with Gasteiger partial charge in [0.2, 0.25) is 0 Å². The zero-order chi connectivity index (χ0) is 18.7.